The number of ether oxygens (including phenoxy) is 1. The topological polar surface area (TPSA) is 107 Å². The summed E-state index contributed by atoms with van der Waals surface area (Å²) in [6, 6.07) is 0.0877. The maximum atomic E-state index is 11.8. The summed E-state index contributed by atoms with van der Waals surface area (Å²) in [7, 11) is 0. The molecule has 1 aromatic heterocycles. The quantitative estimate of drug-likeness (QED) is 0.385. The number of rotatable bonds is 5. The smallest absolute Gasteiger partial charge is 0.364 e. The van der Waals surface area contributed by atoms with Crippen LogP contribution in [0, 0.1) is 10.1 Å². The van der Waals surface area contributed by atoms with Gasteiger partial charge in [-0.25, -0.2) is 9.78 Å². The number of carbonyl (C=O) groups is 1. The van der Waals surface area contributed by atoms with E-state index in [0.29, 0.717) is 0 Å². The molecule has 2 rings (SSSR count). The van der Waals surface area contributed by atoms with Gasteiger partial charge in [-0.1, -0.05) is 12.8 Å². The molecule has 1 aliphatic rings. The molecule has 0 aromatic carbocycles. The average Bonchev–Trinajstić information content (AvgIpc) is 2.90. The van der Waals surface area contributed by atoms with Crippen LogP contribution in [0.5, 0.6) is 0 Å². The van der Waals surface area contributed by atoms with Gasteiger partial charge >= 0.3 is 11.7 Å². The molecular weight excluding hydrogens is 300 g/mol. The molecule has 0 aliphatic heterocycles. The van der Waals surface area contributed by atoms with Crippen LogP contribution >= 0.6 is 11.6 Å². The predicted molar refractivity (Wildman–Crippen MR) is 75.5 cm³/mol. The van der Waals surface area contributed by atoms with E-state index in [1.807, 2.05) is 0 Å². The van der Waals surface area contributed by atoms with Crippen molar-refractivity contribution in [1.29, 1.82) is 0 Å². The van der Waals surface area contributed by atoms with E-state index >= 15 is 0 Å². The predicted octanol–water partition coefficient (Wildman–Crippen LogP) is 2.57. The molecule has 0 atom stereocenters. The Morgan fingerprint density at radius 3 is 2.71 bits per heavy atom. The lowest BCUT2D eigenvalue weighted by Crippen LogP contribution is -2.19. The number of esters is 1. The van der Waals surface area contributed by atoms with Gasteiger partial charge < -0.3 is 10.1 Å². The average molecular weight is 315 g/mol. The molecule has 1 aromatic rings. The van der Waals surface area contributed by atoms with Crippen molar-refractivity contribution in [1.82, 2.24) is 9.97 Å². The van der Waals surface area contributed by atoms with Crippen LogP contribution in [0.3, 0.4) is 0 Å². The van der Waals surface area contributed by atoms with Crippen molar-refractivity contribution in [2.45, 2.75) is 38.6 Å². The Labute approximate surface area is 126 Å². The molecule has 0 unspecified atom stereocenters. The van der Waals surface area contributed by atoms with Crippen LogP contribution in [-0.4, -0.2) is 33.5 Å². The van der Waals surface area contributed by atoms with Crippen LogP contribution in [0.25, 0.3) is 0 Å². The fourth-order valence-electron chi connectivity index (χ4n) is 2.31. The third-order valence-corrected chi connectivity index (χ3v) is 3.37. The van der Waals surface area contributed by atoms with E-state index in [9.17, 15) is 14.9 Å². The summed E-state index contributed by atoms with van der Waals surface area (Å²) in [6.45, 7) is 1.69. The van der Waals surface area contributed by atoms with Crippen molar-refractivity contribution >= 4 is 29.1 Å². The summed E-state index contributed by atoms with van der Waals surface area (Å²) in [5.41, 5.74) is -0.924. The summed E-state index contributed by atoms with van der Waals surface area (Å²) in [6.07, 6.45) is 3.89. The van der Waals surface area contributed by atoms with E-state index in [4.69, 9.17) is 16.3 Å². The summed E-state index contributed by atoms with van der Waals surface area (Å²) in [5, 5.41) is 14.0. The van der Waals surface area contributed by atoms with Crippen molar-refractivity contribution in [2.24, 2.45) is 0 Å². The van der Waals surface area contributed by atoms with Crippen LogP contribution in [0.2, 0.25) is 5.28 Å². The second kappa shape index (κ2) is 6.66. The van der Waals surface area contributed by atoms with Gasteiger partial charge in [-0.3, -0.25) is 10.1 Å². The minimum Gasteiger partial charge on any atom is -0.461 e. The number of nitrogens with zero attached hydrogens (tertiary/aromatic N) is 3. The van der Waals surface area contributed by atoms with E-state index in [-0.39, 0.29) is 23.8 Å². The van der Waals surface area contributed by atoms with Gasteiger partial charge in [0.05, 0.1) is 11.5 Å². The molecule has 21 heavy (non-hydrogen) atoms. The Morgan fingerprint density at radius 2 is 2.14 bits per heavy atom. The fraction of sp³-hybridized carbons (Fsp3) is 0.583. The lowest BCUT2D eigenvalue weighted by atomic mass is 10.2. The highest BCUT2D eigenvalue weighted by Crippen LogP contribution is 2.31. The third kappa shape index (κ3) is 3.57. The molecule has 1 aliphatic carbocycles. The zero-order valence-electron chi connectivity index (χ0n) is 11.5. The molecule has 0 saturated heterocycles. The lowest BCUT2D eigenvalue weighted by Gasteiger charge is -2.13. The Kier molecular flexibility index (Phi) is 4.89. The number of halogens is 1. The first-order valence-electron chi connectivity index (χ1n) is 6.68. The minimum absolute atomic E-state index is 0.0325. The monoisotopic (exact) mass is 314 g/mol. The number of nitrogens with one attached hydrogen (secondary N) is 1. The minimum atomic E-state index is -0.886. The van der Waals surface area contributed by atoms with Crippen molar-refractivity contribution in [3.05, 3.63) is 21.1 Å². The Balaban J connectivity index is 2.42. The highest BCUT2D eigenvalue weighted by molar-refractivity contribution is 6.28. The van der Waals surface area contributed by atoms with E-state index in [2.05, 4.69) is 15.3 Å². The summed E-state index contributed by atoms with van der Waals surface area (Å²) in [5.74, 6) is -0.919. The second-order valence-electron chi connectivity index (χ2n) is 4.64. The molecule has 8 nitrogen and oxygen atoms in total. The van der Waals surface area contributed by atoms with Crippen molar-refractivity contribution < 1.29 is 14.5 Å². The molecule has 114 valence electrons. The van der Waals surface area contributed by atoms with Gasteiger partial charge in [0.15, 0.2) is 0 Å². The first-order chi connectivity index (χ1) is 10.0. The molecule has 1 N–H and O–H groups in total. The molecular formula is C12H15ClN4O4. The maximum absolute atomic E-state index is 11.8. The van der Waals surface area contributed by atoms with E-state index in [1.165, 1.54) is 0 Å². The fourth-order valence-corrected chi connectivity index (χ4v) is 2.48. The van der Waals surface area contributed by atoms with Gasteiger partial charge in [-0.15, -0.1) is 0 Å². The number of nitro groups is 1. The number of hydrogen-bond donors (Lipinski definition) is 1. The van der Waals surface area contributed by atoms with Crippen LogP contribution in [0.1, 0.15) is 43.1 Å². The first kappa shape index (κ1) is 15.4. The van der Waals surface area contributed by atoms with Crippen LogP contribution in [0.15, 0.2) is 0 Å². The zero-order valence-corrected chi connectivity index (χ0v) is 12.2. The number of carbonyl (C=O) groups excluding carboxylic acids is 1. The molecule has 0 radical (unpaired) electrons. The van der Waals surface area contributed by atoms with Crippen LogP contribution in [0.4, 0.5) is 11.5 Å². The highest BCUT2D eigenvalue weighted by atomic mass is 35.5. The SMILES string of the molecule is CCOC(=O)c1nc(Cl)nc(NC2CCCC2)c1[N+](=O)[O-]. The van der Waals surface area contributed by atoms with E-state index in [1.54, 1.807) is 6.92 Å². The highest BCUT2D eigenvalue weighted by Gasteiger charge is 2.31. The summed E-state index contributed by atoms with van der Waals surface area (Å²) < 4.78 is 4.78. The van der Waals surface area contributed by atoms with Crippen molar-refractivity contribution in [3.8, 4) is 0 Å². The zero-order chi connectivity index (χ0) is 15.4. The molecule has 0 amide bonds. The largest absolute Gasteiger partial charge is 0.461 e. The Morgan fingerprint density at radius 1 is 1.48 bits per heavy atom. The van der Waals surface area contributed by atoms with E-state index < -0.39 is 22.3 Å². The molecule has 0 bridgehead atoms. The van der Waals surface area contributed by atoms with Gasteiger partial charge in [0.25, 0.3) is 0 Å². The van der Waals surface area contributed by atoms with Crippen molar-refractivity contribution in [3.63, 3.8) is 0 Å². The molecule has 9 heteroatoms. The number of hydrogen-bond acceptors (Lipinski definition) is 7. The molecule has 1 fully saturated rings. The van der Waals surface area contributed by atoms with Gasteiger partial charge in [0.2, 0.25) is 16.8 Å². The normalized spacial score (nSPS) is 15.0. The Bertz CT molecular complexity index is 560. The summed E-state index contributed by atoms with van der Waals surface area (Å²) >= 11 is 5.76. The van der Waals surface area contributed by atoms with Crippen molar-refractivity contribution in [2.75, 3.05) is 11.9 Å². The third-order valence-electron chi connectivity index (χ3n) is 3.20. The lowest BCUT2D eigenvalue weighted by molar-refractivity contribution is -0.384. The molecule has 1 heterocycles. The van der Waals surface area contributed by atoms with Gasteiger partial charge in [0, 0.05) is 6.04 Å². The van der Waals surface area contributed by atoms with Crippen LogP contribution < -0.4 is 5.32 Å². The Hall–Kier alpha value is -1.96. The number of aromatic nitrogens is 2. The second-order valence-corrected chi connectivity index (χ2v) is 4.98. The first-order valence-corrected chi connectivity index (χ1v) is 7.06. The van der Waals surface area contributed by atoms with Crippen LogP contribution in [-0.2, 0) is 4.74 Å². The summed E-state index contributed by atoms with van der Waals surface area (Å²) in [4.78, 5) is 29.9. The molecule has 1 saturated carbocycles. The molecule has 0 spiro atoms. The van der Waals surface area contributed by atoms with Gasteiger partial charge in [-0.05, 0) is 31.4 Å². The standard InChI is InChI=1S/C12H15ClN4O4/c1-2-21-11(18)8-9(17(19)20)10(16-12(13)15-8)14-7-5-3-4-6-7/h7H,2-6H2,1H3,(H,14,15,16). The maximum Gasteiger partial charge on any atom is 0.364 e. The van der Waals surface area contributed by atoms with Gasteiger partial charge in [-0.2, -0.15) is 4.98 Å². The van der Waals surface area contributed by atoms with Gasteiger partial charge in [0.1, 0.15) is 0 Å². The van der Waals surface area contributed by atoms with E-state index in [0.717, 1.165) is 25.7 Å². The number of anilines is 1.